The molecular formula is C21H20N2O4. The van der Waals surface area contributed by atoms with Gasteiger partial charge >= 0.3 is 5.97 Å². The molecule has 0 heterocycles. The molecule has 0 unspecified atom stereocenters. The van der Waals surface area contributed by atoms with Gasteiger partial charge in [-0.2, -0.15) is 5.26 Å². The number of nitrogens with one attached hydrogen (secondary N) is 1. The molecule has 0 aliphatic rings. The number of methoxy groups -OCH3 is 1. The Labute approximate surface area is 158 Å². The molecule has 0 spiro atoms. The van der Waals surface area contributed by atoms with Gasteiger partial charge in [-0.05, 0) is 61.9 Å². The maximum atomic E-state index is 12.3. The Kier molecular flexibility index (Phi) is 6.73. The van der Waals surface area contributed by atoms with Crippen LogP contribution in [0.25, 0.3) is 6.08 Å². The predicted octanol–water partition coefficient (Wildman–Crippen LogP) is 3.81. The van der Waals surface area contributed by atoms with Crippen molar-refractivity contribution in [2.45, 2.75) is 20.0 Å². The Hall–Kier alpha value is -3.59. The lowest BCUT2D eigenvalue weighted by Gasteiger charge is -2.09. The molecule has 0 aromatic heterocycles. The number of hydrogen-bond donors (Lipinski definition) is 1. The monoisotopic (exact) mass is 364 g/mol. The first kappa shape index (κ1) is 19.7. The molecule has 1 N–H and O–H groups in total. The summed E-state index contributed by atoms with van der Waals surface area (Å²) >= 11 is 0. The highest BCUT2D eigenvalue weighted by atomic mass is 16.5. The van der Waals surface area contributed by atoms with Crippen molar-refractivity contribution in [1.82, 2.24) is 0 Å². The van der Waals surface area contributed by atoms with E-state index in [-0.39, 0.29) is 11.7 Å². The topological polar surface area (TPSA) is 88.4 Å². The molecule has 0 saturated heterocycles. The maximum absolute atomic E-state index is 12.3. The second-order valence-electron chi connectivity index (χ2n) is 5.93. The quantitative estimate of drug-likeness (QED) is 0.478. The van der Waals surface area contributed by atoms with E-state index in [1.165, 1.54) is 25.3 Å². The van der Waals surface area contributed by atoms with Gasteiger partial charge in [0.2, 0.25) is 0 Å². The smallest absolute Gasteiger partial charge is 0.337 e. The summed E-state index contributed by atoms with van der Waals surface area (Å²) < 4.78 is 10.2. The molecule has 138 valence electrons. The predicted molar refractivity (Wildman–Crippen MR) is 102 cm³/mol. The summed E-state index contributed by atoms with van der Waals surface area (Å²) in [7, 11) is 1.30. The van der Waals surface area contributed by atoms with E-state index in [9.17, 15) is 14.9 Å². The number of carbonyl (C=O) groups excluding carboxylic acids is 2. The van der Waals surface area contributed by atoms with Gasteiger partial charge < -0.3 is 14.8 Å². The van der Waals surface area contributed by atoms with Crippen LogP contribution in [0.5, 0.6) is 5.75 Å². The van der Waals surface area contributed by atoms with Crippen LogP contribution in [0.3, 0.4) is 0 Å². The van der Waals surface area contributed by atoms with Gasteiger partial charge in [0.15, 0.2) is 0 Å². The van der Waals surface area contributed by atoms with Crippen LogP contribution in [0.4, 0.5) is 5.69 Å². The standard InChI is InChI=1S/C21H20N2O4/c1-14(2)27-19-10-4-15(5-11-19)12-17(13-22)20(24)23-18-8-6-16(7-9-18)21(25)26-3/h4-12,14H,1-3H3,(H,23,24)/b17-12+. The molecule has 2 aromatic carbocycles. The summed E-state index contributed by atoms with van der Waals surface area (Å²) in [6.07, 6.45) is 1.56. The van der Waals surface area contributed by atoms with Crippen molar-refractivity contribution in [2.24, 2.45) is 0 Å². The molecule has 27 heavy (non-hydrogen) atoms. The molecule has 0 atom stereocenters. The molecule has 2 aromatic rings. The van der Waals surface area contributed by atoms with Crippen LogP contribution >= 0.6 is 0 Å². The summed E-state index contributed by atoms with van der Waals surface area (Å²) in [5.74, 6) is -0.281. The number of carbonyl (C=O) groups is 2. The number of amides is 1. The van der Waals surface area contributed by atoms with Gasteiger partial charge in [0.1, 0.15) is 17.4 Å². The summed E-state index contributed by atoms with van der Waals surface area (Å²) in [6, 6.07) is 15.2. The van der Waals surface area contributed by atoms with Crippen molar-refractivity contribution in [3.05, 3.63) is 65.2 Å². The summed E-state index contributed by atoms with van der Waals surface area (Å²) in [6.45, 7) is 3.87. The first-order chi connectivity index (χ1) is 12.9. The van der Waals surface area contributed by atoms with Gasteiger partial charge in [0.05, 0.1) is 18.8 Å². The third-order valence-corrected chi connectivity index (χ3v) is 3.49. The Balaban J connectivity index is 2.10. The number of rotatable bonds is 6. The van der Waals surface area contributed by atoms with E-state index in [1.807, 2.05) is 19.9 Å². The van der Waals surface area contributed by atoms with Crippen LogP contribution in [0.1, 0.15) is 29.8 Å². The van der Waals surface area contributed by atoms with Crippen molar-refractivity contribution >= 4 is 23.6 Å². The Morgan fingerprint density at radius 1 is 1.07 bits per heavy atom. The summed E-state index contributed by atoms with van der Waals surface area (Å²) in [5.41, 5.74) is 1.51. The fourth-order valence-electron chi connectivity index (χ4n) is 2.24. The third-order valence-electron chi connectivity index (χ3n) is 3.49. The van der Waals surface area contributed by atoms with Gasteiger partial charge in [-0.1, -0.05) is 12.1 Å². The zero-order valence-corrected chi connectivity index (χ0v) is 15.4. The van der Waals surface area contributed by atoms with Crippen LogP contribution in [0.2, 0.25) is 0 Å². The van der Waals surface area contributed by atoms with Crippen molar-refractivity contribution < 1.29 is 19.1 Å². The highest BCUT2D eigenvalue weighted by Gasteiger charge is 2.11. The minimum atomic E-state index is -0.536. The number of nitriles is 1. The zero-order chi connectivity index (χ0) is 19.8. The van der Waals surface area contributed by atoms with Gasteiger partial charge in [-0.3, -0.25) is 4.79 Å². The minimum Gasteiger partial charge on any atom is -0.491 e. The second kappa shape index (κ2) is 9.20. The molecule has 6 nitrogen and oxygen atoms in total. The molecule has 2 rings (SSSR count). The van der Waals surface area contributed by atoms with Gasteiger partial charge in [-0.25, -0.2) is 4.79 Å². The van der Waals surface area contributed by atoms with E-state index in [4.69, 9.17) is 4.74 Å². The zero-order valence-electron chi connectivity index (χ0n) is 15.4. The Bertz CT molecular complexity index is 876. The normalized spacial score (nSPS) is 10.9. The van der Waals surface area contributed by atoms with Crippen molar-refractivity contribution in [3.8, 4) is 11.8 Å². The molecule has 0 saturated carbocycles. The largest absolute Gasteiger partial charge is 0.491 e. The van der Waals surface area contributed by atoms with Crippen LogP contribution in [-0.4, -0.2) is 25.1 Å². The van der Waals surface area contributed by atoms with E-state index in [0.29, 0.717) is 16.8 Å². The van der Waals surface area contributed by atoms with E-state index in [0.717, 1.165) is 5.75 Å². The lowest BCUT2D eigenvalue weighted by Crippen LogP contribution is -2.13. The fraction of sp³-hybridized carbons (Fsp3) is 0.190. The van der Waals surface area contributed by atoms with Gasteiger partial charge in [0.25, 0.3) is 5.91 Å². The highest BCUT2D eigenvalue weighted by molar-refractivity contribution is 6.09. The van der Waals surface area contributed by atoms with E-state index in [1.54, 1.807) is 36.4 Å². The molecular weight excluding hydrogens is 344 g/mol. The lowest BCUT2D eigenvalue weighted by atomic mass is 10.1. The number of nitrogens with zero attached hydrogens (tertiary/aromatic N) is 1. The fourth-order valence-corrected chi connectivity index (χ4v) is 2.24. The average molecular weight is 364 g/mol. The van der Waals surface area contributed by atoms with Crippen molar-refractivity contribution in [2.75, 3.05) is 12.4 Å². The van der Waals surface area contributed by atoms with Gasteiger partial charge in [0, 0.05) is 5.69 Å². The molecule has 0 aliphatic heterocycles. The maximum Gasteiger partial charge on any atom is 0.337 e. The first-order valence-corrected chi connectivity index (χ1v) is 8.31. The number of anilines is 1. The Morgan fingerprint density at radius 3 is 2.22 bits per heavy atom. The number of benzene rings is 2. The van der Waals surface area contributed by atoms with Gasteiger partial charge in [-0.15, -0.1) is 0 Å². The molecule has 0 radical (unpaired) electrons. The highest BCUT2D eigenvalue weighted by Crippen LogP contribution is 2.17. The van der Waals surface area contributed by atoms with Crippen molar-refractivity contribution in [1.29, 1.82) is 5.26 Å². The molecule has 0 aliphatic carbocycles. The third kappa shape index (κ3) is 5.72. The molecule has 0 bridgehead atoms. The molecule has 6 heteroatoms. The number of hydrogen-bond acceptors (Lipinski definition) is 5. The van der Waals surface area contributed by atoms with Crippen molar-refractivity contribution in [3.63, 3.8) is 0 Å². The summed E-state index contributed by atoms with van der Waals surface area (Å²) in [4.78, 5) is 23.7. The van der Waals surface area contributed by atoms with E-state index >= 15 is 0 Å². The lowest BCUT2D eigenvalue weighted by molar-refractivity contribution is -0.112. The second-order valence-corrected chi connectivity index (χ2v) is 5.93. The van der Waals surface area contributed by atoms with E-state index in [2.05, 4.69) is 10.1 Å². The number of ether oxygens (including phenoxy) is 2. The van der Waals surface area contributed by atoms with Crippen LogP contribution in [-0.2, 0) is 9.53 Å². The molecule has 1 amide bonds. The Morgan fingerprint density at radius 2 is 1.70 bits per heavy atom. The van der Waals surface area contributed by atoms with Crippen LogP contribution in [0, 0.1) is 11.3 Å². The summed E-state index contributed by atoms with van der Waals surface area (Å²) in [5, 5.41) is 11.9. The number of esters is 1. The average Bonchev–Trinajstić information content (AvgIpc) is 2.66. The first-order valence-electron chi connectivity index (χ1n) is 8.31. The van der Waals surface area contributed by atoms with Crippen LogP contribution < -0.4 is 10.1 Å². The molecule has 0 fully saturated rings. The minimum absolute atomic E-state index is 0.0374. The van der Waals surface area contributed by atoms with Crippen LogP contribution in [0.15, 0.2) is 54.1 Å². The SMILES string of the molecule is COC(=O)c1ccc(NC(=O)/C(C#N)=C/c2ccc(OC(C)C)cc2)cc1. The van der Waals surface area contributed by atoms with E-state index < -0.39 is 11.9 Å².